The molecule has 0 fully saturated rings. The summed E-state index contributed by atoms with van der Waals surface area (Å²) in [6.07, 6.45) is 4.39. The van der Waals surface area contributed by atoms with Crippen molar-refractivity contribution in [1.29, 1.82) is 0 Å². The van der Waals surface area contributed by atoms with E-state index in [1.54, 1.807) is 6.20 Å². The highest BCUT2D eigenvalue weighted by atomic mass is 16.3. The number of aliphatic hydroxyl groups excluding tert-OH is 1. The van der Waals surface area contributed by atoms with Gasteiger partial charge in [0.25, 0.3) is 0 Å². The number of nitrogen functional groups attached to an aromatic ring is 1. The summed E-state index contributed by atoms with van der Waals surface area (Å²) in [6, 6.07) is 7.75. The van der Waals surface area contributed by atoms with Crippen LogP contribution >= 0.6 is 0 Å². The third-order valence-corrected chi connectivity index (χ3v) is 2.48. The molecule has 0 bridgehead atoms. The van der Waals surface area contributed by atoms with E-state index in [4.69, 9.17) is 10.8 Å². The van der Waals surface area contributed by atoms with Crippen LogP contribution in [0.25, 0.3) is 0 Å². The summed E-state index contributed by atoms with van der Waals surface area (Å²) in [5.74, 6) is 0.957. The molecule has 0 spiro atoms. The van der Waals surface area contributed by atoms with Crippen molar-refractivity contribution in [1.82, 2.24) is 9.55 Å². The van der Waals surface area contributed by atoms with Gasteiger partial charge in [-0.2, -0.15) is 0 Å². The summed E-state index contributed by atoms with van der Waals surface area (Å²) in [5, 5.41) is 8.90. The van der Waals surface area contributed by atoms with Crippen molar-refractivity contribution in [2.24, 2.45) is 0 Å². The molecule has 84 valence electrons. The van der Waals surface area contributed by atoms with E-state index in [-0.39, 0.29) is 6.61 Å². The summed E-state index contributed by atoms with van der Waals surface area (Å²) in [4.78, 5) is 4.27. The second-order valence-corrected chi connectivity index (χ2v) is 3.68. The highest BCUT2D eigenvalue weighted by molar-refractivity contribution is 5.39. The highest BCUT2D eigenvalue weighted by Crippen LogP contribution is 2.10. The molecule has 4 nitrogen and oxygen atoms in total. The first-order valence-electron chi connectivity index (χ1n) is 5.25. The number of nitrogens with zero attached hydrogens (tertiary/aromatic N) is 2. The summed E-state index contributed by atoms with van der Waals surface area (Å²) >= 11 is 0. The average molecular weight is 217 g/mol. The van der Waals surface area contributed by atoms with E-state index in [9.17, 15) is 0 Å². The number of hydrogen-bond donors (Lipinski definition) is 2. The zero-order valence-electron chi connectivity index (χ0n) is 9.00. The lowest BCUT2D eigenvalue weighted by atomic mass is 10.1. The fraction of sp³-hybridized carbons (Fsp3) is 0.250. The van der Waals surface area contributed by atoms with E-state index in [2.05, 4.69) is 4.98 Å². The molecule has 0 atom stereocenters. The first-order valence-corrected chi connectivity index (χ1v) is 5.25. The zero-order chi connectivity index (χ0) is 11.4. The van der Waals surface area contributed by atoms with Gasteiger partial charge in [-0.3, -0.25) is 0 Å². The van der Waals surface area contributed by atoms with Gasteiger partial charge in [0.05, 0.1) is 6.61 Å². The molecule has 0 aliphatic rings. The van der Waals surface area contributed by atoms with Crippen LogP contribution < -0.4 is 5.73 Å². The van der Waals surface area contributed by atoms with Crippen LogP contribution in [0.3, 0.4) is 0 Å². The first kappa shape index (κ1) is 10.7. The van der Waals surface area contributed by atoms with Crippen molar-refractivity contribution in [3.63, 3.8) is 0 Å². The molecule has 1 heterocycles. The Bertz CT molecular complexity index is 448. The van der Waals surface area contributed by atoms with Crippen LogP contribution in [0.5, 0.6) is 0 Å². The molecule has 0 radical (unpaired) electrons. The van der Waals surface area contributed by atoms with Crippen LogP contribution in [-0.4, -0.2) is 21.3 Å². The van der Waals surface area contributed by atoms with E-state index >= 15 is 0 Å². The van der Waals surface area contributed by atoms with E-state index in [1.807, 2.05) is 35.0 Å². The number of imidazole rings is 1. The third kappa shape index (κ3) is 2.41. The minimum Gasteiger partial charge on any atom is -0.399 e. The van der Waals surface area contributed by atoms with Crippen LogP contribution in [-0.2, 0) is 13.0 Å². The van der Waals surface area contributed by atoms with Gasteiger partial charge in [0.2, 0.25) is 0 Å². The number of aliphatic hydroxyl groups is 1. The third-order valence-electron chi connectivity index (χ3n) is 2.48. The number of nitrogens with two attached hydrogens (primary N) is 1. The van der Waals surface area contributed by atoms with E-state index in [0.717, 1.165) is 17.9 Å². The number of hydrogen-bond acceptors (Lipinski definition) is 3. The Morgan fingerprint density at radius 1 is 1.25 bits per heavy atom. The monoisotopic (exact) mass is 217 g/mol. The Hall–Kier alpha value is -1.81. The molecular weight excluding hydrogens is 202 g/mol. The lowest BCUT2D eigenvalue weighted by Gasteiger charge is -2.06. The predicted octanol–water partition coefficient (Wildman–Crippen LogP) is 1.05. The molecule has 0 saturated carbocycles. The van der Waals surface area contributed by atoms with Crippen molar-refractivity contribution in [2.45, 2.75) is 13.0 Å². The van der Waals surface area contributed by atoms with Crippen molar-refractivity contribution >= 4 is 5.69 Å². The molecule has 3 N–H and O–H groups in total. The second kappa shape index (κ2) is 4.81. The van der Waals surface area contributed by atoms with Crippen LogP contribution in [0.1, 0.15) is 11.4 Å². The van der Waals surface area contributed by atoms with E-state index in [1.165, 1.54) is 5.56 Å². The maximum atomic E-state index is 8.90. The molecule has 2 rings (SSSR count). The standard InChI is InChI=1S/C12H15N3O/c13-11-3-1-10(2-4-11)9-12-14-5-6-15(12)7-8-16/h1-6,16H,7-9,13H2. The number of anilines is 1. The minimum atomic E-state index is 0.130. The van der Waals surface area contributed by atoms with Crippen LogP contribution in [0.4, 0.5) is 5.69 Å². The van der Waals surface area contributed by atoms with Crippen molar-refractivity contribution < 1.29 is 5.11 Å². The normalized spacial score (nSPS) is 10.6. The number of rotatable bonds is 4. The summed E-state index contributed by atoms with van der Waals surface area (Å²) in [7, 11) is 0. The second-order valence-electron chi connectivity index (χ2n) is 3.68. The predicted molar refractivity (Wildman–Crippen MR) is 63.0 cm³/mol. The molecule has 4 heteroatoms. The molecule has 1 aromatic carbocycles. The number of aromatic nitrogens is 2. The topological polar surface area (TPSA) is 64.1 Å². The lowest BCUT2D eigenvalue weighted by Crippen LogP contribution is -2.06. The van der Waals surface area contributed by atoms with Gasteiger partial charge in [0.15, 0.2) is 0 Å². The van der Waals surface area contributed by atoms with Gasteiger partial charge < -0.3 is 15.4 Å². The van der Waals surface area contributed by atoms with Gasteiger partial charge in [-0.05, 0) is 17.7 Å². The Morgan fingerprint density at radius 2 is 2.00 bits per heavy atom. The molecule has 0 aliphatic carbocycles. The largest absolute Gasteiger partial charge is 0.399 e. The van der Waals surface area contributed by atoms with Crippen LogP contribution in [0.2, 0.25) is 0 Å². The fourth-order valence-corrected chi connectivity index (χ4v) is 1.64. The molecule has 1 aromatic heterocycles. The van der Waals surface area contributed by atoms with Crippen LogP contribution in [0.15, 0.2) is 36.7 Å². The van der Waals surface area contributed by atoms with Gasteiger partial charge >= 0.3 is 0 Å². The minimum absolute atomic E-state index is 0.130. The summed E-state index contributed by atoms with van der Waals surface area (Å²) < 4.78 is 1.95. The Morgan fingerprint density at radius 3 is 2.69 bits per heavy atom. The molecule has 0 saturated heterocycles. The molecule has 16 heavy (non-hydrogen) atoms. The first-order chi connectivity index (χ1) is 7.79. The Labute approximate surface area is 94.4 Å². The summed E-state index contributed by atoms with van der Waals surface area (Å²) in [6.45, 7) is 0.718. The molecule has 2 aromatic rings. The highest BCUT2D eigenvalue weighted by Gasteiger charge is 2.03. The van der Waals surface area contributed by atoms with E-state index in [0.29, 0.717) is 6.54 Å². The Kier molecular flexibility index (Phi) is 3.22. The zero-order valence-corrected chi connectivity index (χ0v) is 9.00. The quantitative estimate of drug-likeness (QED) is 0.752. The van der Waals surface area contributed by atoms with Gasteiger partial charge in [-0.25, -0.2) is 4.98 Å². The summed E-state index contributed by atoms with van der Waals surface area (Å²) in [5.41, 5.74) is 7.56. The SMILES string of the molecule is Nc1ccc(Cc2nccn2CCO)cc1. The fourth-order valence-electron chi connectivity index (χ4n) is 1.64. The Balaban J connectivity index is 2.13. The van der Waals surface area contributed by atoms with Crippen molar-refractivity contribution in [3.8, 4) is 0 Å². The molecular formula is C12H15N3O. The van der Waals surface area contributed by atoms with Gasteiger partial charge in [0, 0.05) is 31.0 Å². The molecule has 0 unspecified atom stereocenters. The maximum absolute atomic E-state index is 8.90. The van der Waals surface area contributed by atoms with Gasteiger partial charge in [-0.15, -0.1) is 0 Å². The maximum Gasteiger partial charge on any atom is 0.113 e. The van der Waals surface area contributed by atoms with Crippen molar-refractivity contribution in [2.75, 3.05) is 12.3 Å². The molecule has 0 aliphatic heterocycles. The smallest absolute Gasteiger partial charge is 0.113 e. The lowest BCUT2D eigenvalue weighted by molar-refractivity contribution is 0.274. The van der Waals surface area contributed by atoms with Crippen LogP contribution in [0, 0.1) is 0 Å². The molecule has 0 amide bonds. The van der Waals surface area contributed by atoms with Gasteiger partial charge in [-0.1, -0.05) is 12.1 Å². The van der Waals surface area contributed by atoms with Crippen molar-refractivity contribution in [3.05, 3.63) is 48.0 Å². The van der Waals surface area contributed by atoms with E-state index < -0.39 is 0 Å². The average Bonchev–Trinajstić information content (AvgIpc) is 2.70. The number of benzene rings is 1. The van der Waals surface area contributed by atoms with Gasteiger partial charge in [0.1, 0.15) is 5.82 Å².